The summed E-state index contributed by atoms with van der Waals surface area (Å²) in [5, 5.41) is 2.74. The van der Waals surface area contributed by atoms with Crippen LogP contribution >= 0.6 is 0 Å². The van der Waals surface area contributed by atoms with Crippen LogP contribution in [0, 0.1) is 13.1 Å². The predicted molar refractivity (Wildman–Crippen MR) is 83.5 cm³/mol. The Labute approximate surface area is 158 Å². The number of carbonyl (C=O) groups excluding carboxylic acids is 1. The number of carbonyl (C=O) groups is 1. The van der Waals surface area contributed by atoms with Crippen LogP contribution in [-0.4, -0.2) is 15.9 Å². The zero-order chi connectivity index (χ0) is 15.5. The van der Waals surface area contributed by atoms with Crippen LogP contribution in [0.25, 0.3) is 11.0 Å². The van der Waals surface area contributed by atoms with Crippen LogP contribution in [0.2, 0.25) is 0 Å². The van der Waals surface area contributed by atoms with Gasteiger partial charge in [0, 0.05) is 51.0 Å². The van der Waals surface area contributed by atoms with E-state index in [4.69, 9.17) is 0 Å². The number of amides is 1. The van der Waals surface area contributed by atoms with Gasteiger partial charge in [0.2, 0.25) is 0 Å². The van der Waals surface area contributed by atoms with E-state index in [1.165, 1.54) is 6.20 Å². The fraction of sp³-hybridized carbons (Fsp3) is 0.118. The third-order valence-electron chi connectivity index (χ3n) is 3.41. The summed E-state index contributed by atoms with van der Waals surface area (Å²) in [6.07, 6.45) is 4.02. The molecule has 0 fully saturated rings. The van der Waals surface area contributed by atoms with Gasteiger partial charge in [-0.1, -0.05) is 36.0 Å². The van der Waals surface area contributed by atoms with E-state index in [-0.39, 0.29) is 43.8 Å². The Hall–Kier alpha value is -1.85. The van der Waals surface area contributed by atoms with Crippen molar-refractivity contribution in [1.82, 2.24) is 15.3 Å². The molecule has 2 N–H and O–H groups in total. The quantitative estimate of drug-likeness (QED) is 0.682. The van der Waals surface area contributed by atoms with Crippen LogP contribution in [-0.2, 0) is 39.3 Å². The number of nitrogens with zero attached hydrogens (tertiary/aromatic N) is 1. The second-order valence-corrected chi connectivity index (χ2v) is 5.04. The minimum atomic E-state index is -0.422. The molecule has 23 heavy (non-hydrogen) atoms. The van der Waals surface area contributed by atoms with Crippen molar-refractivity contribution in [2.45, 2.75) is 13.5 Å². The van der Waals surface area contributed by atoms with E-state index >= 15 is 0 Å². The van der Waals surface area contributed by atoms with Gasteiger partial charge in [0.25, 0.3) is 5.91 Å². The summed E-state index contributed by atoms with van der Waals surface area (Å²) in [7, 11) is 0. The van der Waals surface area contributed by atoms with E-state index in [1.807, 2.05) is 31.2 Å². The summed E-state index contributed by atoms with van der Waals surface area (Å²) in [4.78, 5) is 31.2. The van der Waals surface area contributed by atoms with E-state index in [0.29, 0.717) is 12.1 Å². The number of hydrogen-bond donors (Lipinski definition) is 2. The van der Waals surface area contributed by atoms with Gasteiger partial charge < -0.3 is 20.1 Å². The molecule has 2 heterocycles. The smallest absolute Gasteiger partial charge is 0.255 e. The van der Waals surface area contributed by atoms with E-state index in [0.717, 1.165) is 11.1 Å². The average molecular weight is 381 g/mol. The molecule has 0 saturated heterocycles. The Balaban J connectivity index is 0.00000192. The van der Waals surface area contributed by atoms with Gasteiger partial charge in [-0.25, -0.2) is 0 Å². The number of aryl methyl sites for hydroxylation is 1. The van der Waals surface area contributed by atoms with Gasteiger partial charge in [0.1, 0.15) is 0 Å². The Kier molecular flexibility index (Phi) is 5.80. The Bertz CT molecular complexity index is 888. The number of nitrogens with one attached hydrogen (secondary N) is 2. The molecule has 1 amide bonds. The summed E-state index contributed by atoms with van der Waals surface area (Å²) in [5.41, 5.74) is 2.58. The van der Waals surface area contributed by atoms with Crippen molar-refractivity contribution in [2.24, 2.45) is 0 Å². The second kappa shape index (κ2) is 7.62. The van der Waals surface area contributed by atoms with Crippen LogP contribution in [0.3, 0.4) is 0 Å². The molecular weight excluding hydrogens is 367 g/mol. The molecule has 0 aliphatic carbocycles. The molecule has 2 aromatic heterocycles. The summed E-state index contributed by atoms with van der Waals surface area (Å²) in [5.74, 6) is -0.422. The molecule has 0 spiro atoms. The number of H-pyrrole nitrogens is 1. The monoisotopic (exact) mass is 381 g/mol. The first-order valence-corrected chi connectivity index (χ1v) is 6.87. The number of benzene rings is 1. The zero-order valence-corrected chi connectivity index (χ0v) is 15.4. The zero-order valence-electron chi connectivity index (χ0n) is 12.6. The number of aromatic nitrogens is 2. The van der Waals surface area contributed by atoms with E-state index in [1.54, 1.807) is 12.1 Å². The maximum Gasteiger partial charge on any atom is 0.255 e. The van der Waals surface area contributed by atoms with Gasteiger partial charge >= 0.3 is 0 Å². The standard InChI is InChI=1S/C17H14N3O2.Y/c1-11-4-6-12(7-5-11)9-20-17(22)13-10-19-14-3-2-8-18-15(14)16(13)21;/h2-7,10H,9H2,1H3,(H,19,21)(H,20,22);/q-1;. The van der Waals surface area contributed by atoms with Crippen LogP contribution < -0.4 is 10.7 Å². The third kappa shape index (κ3) is 3.92. The summed E-state index contributed by atoms with van der Waals surface area (Å²) >= 11 is 0. The van der Waals surface area contributed by atoms with Crippen molar-refractivity contribution < 1.29 is 37.5 Å². The van der Waals surface area contributed by atoms with Gasteiger partial charge in [0.05, 0.1) is 5.56 Å². The number of pyridine rings is 2. The average Bonchev–Trinajstić information content (AvgIpc) is 2.55. The largest absolute Gasteiger partial charge is 0.381 e. The number of rotatable bonds is 3. The molecule has 0 aliphatic heterocycles. The molecule has 3 rings (SSSR count). The Morgan fingerprint density at radius 3 is 2.74 bits per heavy atom. The molecule has 0 atom stereocenters. The van der Waals surface area contributed by atoms with Crippen LogP contribution in [0.5, 0.6) is 0 Å². The van der Waals surface area contributed by atoms with Crippen LogP contribution in [0.4, 0.5) is 0 Å². The number of hydrogen-bond acceptors (Lipinski definition) is 3. The fourth-order valence-corrected chi connectivity index (χ4v) is 2.15. The second-order valence-electron chi connectivity index (χ2n) is 5.04. The molecular formula is C17H14N3O2Y-. The number of fused-ring (bicyclic) bond motifs is 1. The molecule has 3 aromatic rings. The molecule has 0 aliphatic rings. The van der Waals surface area contributed by atoms with Crippen molar-refractivity contribution in [2.75, 3.05) is 0 Å². The van der Waals surface area contributed by atoms with Crippen molar-refractivity contribution in [3.05, 3.63) is 75.7 Å². The SMILES string of the molecule is Cc1ccc(CNC(=O)c2c[nH]c3cc[c-]nc3c2=O)cc1.[Y]. The third-order valence-corrected chi connectivity index (χ3v) is 3.41. The first-order chi connectivity index (χ1) is 10.6. The minimum absolute atomic E-state index is 0. The van der Waals surface area contributed by atoms with E-state index in [9.17, 15) is 9.59 Å². The van der Waals surface area contributed by atoms with E-state index in [2.05, 4.69) is 21.5 Å². The topological polar surface area (TPSA) is 74.8 Å². The first kappa shape index (κ1) is 17.5. The normalized spacial score (nSPS) is 10.1. The maximum atomic E-state index is 12.3. The van der Waals surface area contributed by atoms with Crippen LogP contribution in [0.15, 0.2) is 47.4 Å². The minimum Gasteiger partial charge on any atom is -0.381 e. The fourth-order valence-electron chi connectivity index (χ4n) is 2.15. The Morgan fingerprint density at radius 2 is 2.00 bits per heavy atom. The molecule has 1 aromatic carbocycles. The van der Waals surface area contributed by atoms with Gasteiger partial charge in [-0.05, 0) is 18.0 Å². The van der Waals surface area contributed by atoms with Gasteiger partial charge in [-0.15, -0.1) is 6.07 Å². The van der Waals surface area contributed by atoms with Crippen molar-refractivity contribution in [3.63, 3.8) is 0 Å². The summed E-state index contributed by atoms with van der Waals surface area (Å²) in [6.45, 7) is 2.37. The van der Waals surface area contributed by atoms with Gasteiger partial charge in [0.15, 0.2) is 5.43 Å². The summed E-state index contributed by atoms with van der Waals surface area (Å²) < 4.78 is 0. The molecule has 6 heteroatoms. The molecule has 0 saturated carbocycles. The van der Waals surface area contributed by atoms with Crippen molar-refractivity contribution in [1.29, 1.82) is 0 Å². The molecule has 113 valence electrons. The van der Waals surface area contributed by atoms with Crippen LogP contribution in [0.1, 0.15) is 21.5 Å². The first-order valence-electron chi connectivity index (χ1n) is 6.87. The molecule has 5 nitrogen and oxygen atoms in total. The predicted octanol–water partition coefficient (Wildman–Crippen LogP) is 1.96. The maximum absolute atomic E-state index is 12.3. The van der Waals surface area contributed by atoms with Gasteiger partial charge in [-0.2, -0.15) is 6.07 Å². The molecule has 0 unspecified atom stereocenters. The van der Waals surface area contributed by atoms with Crippen molar-refractivity contribution in [3.8, 4) is 0 Å². The summed E-state index contributed by atoms with van der Waals surface area (Å²) in [6, 6.07) is 11.1. The molecule has 0 bridgehead atoms. The molecule has 1 radical (unpaired) electrons. The van der Waals surface area contributed by atoms with E-state index < -0.39 is 11.3 Å². The van der Waals surface area contributed by atoms with Gasteiger partial charge in [-0.3, -0.25) is 4.79 Å². The van der Waals surface area contributed by atoms with Crippen molar-refractivity contribution >= 4 is 16.9 Å². The number of aromatic amines is 1. The Morgan fingerprint density at radius 1 is 1.26 bits per heavy atom.